The van der Waals surface area contributed by atoms with E-state index >= 15 is 0 Å². The van der Waals surface area contributed by atoms with Crippen LogP contribution in [0.25, 0.3) is 0 Å². The molecule has 0 bridgehead atoms. The molecule has 0 amide bonds. The Bertz CT molecular complexity index is 609. The Morgan fingerprint density at radius 3 is 2.42 bits per heavy atom. The fourth-order valence-corrected chi connectivity index (χ4v) is 1.65. The lowest BCUT2D eigenvalue weighted by molar-refractivity contribution is 0.0697. The third-order valence-corrected chi connectivity index (χ3v) is 2.59. The molecule has 0 aromatic heterocycles. The third-order valence-electron chi connectivity index (χ3n) is 2.59. The number of carboxylic acids is 1. The van der Waals surface area contributed by atoms with Crippen molar-refractivity contribution < 1.29 is 9.90 Å². The van der Waals surface area contributed by atoms with Crippen LogP contribution in [0.5, 0.6) is 0 Å². The van der Waals surface area contributed by atoms with Crippen LogP contribution in [0.15, 0.2) is 58.8 Å². The Labute approximate surface area is 110 Å². The lowest BCUT2D eigenvalue weighted by Gasteiger charge is -2.05. The van der Waals surface area contributed by atoms with E-state index in [1.807, 2.05) is 18.2 Å². The second-order valence-electron chi connectivity index (χ2n) is 3.86. The molecule has 2 aromatic carbocycles. The van der Waals surface area contributed by atoms with Crippen LogP contribution in [0.1, 0.15) is 15.9 Å². The number of benzene rings is 2. The number of carbonyl (C=O) groups is 1. The summed E-state index contributed by atoms with van der Waals surface area (Å²) in [6.45, 7) is 0.213. The maximum Gasteiger partial charge on any atom is 0.337 e. The molecule has 0 unspecified atom stereocenters. The number of nitrogens with two attached hydrogens (primary N) is 1. The van der Waals surface area contributed by atoms with Gasteiger partial charge in [-0.25, -0.2) is 4.79 Å². The van der Waals surface area contributed by atoms with Gasteiger partial charge < -0.3 is 10.8 Å². The molecule has 2 aromatic rings. The molecule has 0 saturated carbocycles. The smallest absolute Gasteiger partial charge is 0.337 e. The van der Waals surface area contributed by atoms with E-state index in [0.717, 1.165) is 0 Å². The Hall–Kier alpha value is -2.53. The third kappa shape index (κ3) is 3.02. The van der Waals surface area contributed by atoms with E-state index in [4.69, 9.17) is 10.8 Å². The Morgan fingerprint density at radius 1 is 1.05 bits per heavy atom. The first-order valence-electron chi connectivity index (χ1n) is 5.74. The van der Waals surface area contributed by atoms with Gasteiger partial charge in [0, 0.05) is 6.54 Å². The van der Waals surface area contributed by atoms with Crippen LogP contribution in [0.4, 0.5) is 11.4 Å². The lowest BCUT2D eigenvalue weighted by Crippen LogP contribution is -2.02. The van der Waals surface area contributed by atoms with Gasteiger partial charge in [-0.1, -0.05) is 30.3 Å². The molecule has 0 aliphatic heterocycles. The Morgan fingerprint density at radius 2 is 1.79 bits per heavy atom. The average molecular weight is 255 g/mol. The Balaban J connectivity index is 2.43. The number of azo groups is 1. The van der Waals surface area contributed by atoms with Crippen LogP contribution in [-0.4, -0.2) is 11.1 Å². The van der Waals surface area contributed by atoms with Gasteiger partial charge in [0.1, 0.15) is 5.69 Å². The minimum atomic E-state index is -1.04. The van der Waals surface area contributed by atoms with Crippen molar-refractivity contribution in [3.63, 3.8) is 0 Å². The normalized spacial score (nSPS) is 10.8. The zero-order valence-electron chi connectivity index (χ0n) is 10.2. The summed E-state index contributed by atoms with van der Waals surface area (Å²) in [4.78, 5) is 11.2. The standard InChI is InChI=1S/C14H13N3O2/c15-9-10-5-4-8-12(14(18)19)13(10)17-16-11-6-2-1-3-7-11/h1-8H,9,15H2,(H,18,19). The van der Waals surface area contributed by atoms with Gasteiger partial charge in [-0.3, -0.25) is 0 Å². The highest BCUT2D eigenvalue weighted by molar-refractivity contribution is 5.94. The fourth-order valence-electron chi connectivity index (χ4n) is 1.65. The molecule has 0 radical (unpaired) electrons. The van der Waals surface area contributed by atoms with Crippen LogP contribution in [0.3, 0.4) is 0 Å². The summed E-state index contributed by atoms with van der Waals surface area (Å²) < 4.78 is 0. The second-order valence-corrected chi connectivity index (χ2v) is 3.86. The van der Waals surface area contributed by atoms with Crippen molar-refractivity contribution in [1.82, 2.24) is 0 Å². The van der Waals surface area contributed by atoms with Gasteiger partial charge in [0.2, 0.25) is 0 Å². The van der Waals surface area contributed by atoms with Crippen molar-refractivity contribution in [3.8, 4) is 0 Å². The van der Waals surface area contributed by atoms with Crippen molar-refractivity contribution in [3.05, 3.63) is 59.7 Å². The van der Waals surface area contributed by atoms with Gasteiger partial charge in [-0.05, 0) is 23.8 Å². The SMILES string of the molecule is NCc1cccc(C(=O)O)c1N=Nc1ccccc1. The van der Waals surface area contributed by atoms with Gasteiger partial charge in [0.05, 0.1) is 11.3 Å². The van der Waals surface area contributed by atoms with E-state index in [0.29, 0.717) is 16.9 Å². The van der Waals surface area contributed by atoms with E-state index < -0.39 is 5.97 Å². The molecule has 19 heavy (non-hydrogen) atoms. The summed E-state index contributed by atoms with van der Waals surface area (Å²) in [5.74, 6) is -1.04. The van der Waals surface area contributed by atoms with Crippen molar-refractivity contribution in [1.29, 1.82) is 0 Å². The van der Waals surface area contributed by atoms with E-state index in [-0.39, 0.29) is 12.1 Å². The number of hydrogen-bond acceptors (Lipinski definition) is 4. The molecule has 0 fully saturated rings. The molecular formula is C14H13N3O2. The molecule has 0 spiro atoms. The summed E-state index contributed by atoms with van der Waals surface area (Å²) >= 11 is 0. The van der Waals surface area contributed by atoms with Crippen LogP contribution < -0.4 is 5.73 Å². The molecule has 5 nitrogen and oxygen atoms in total. The van der Waals surface area contributed by atoms with Crippen LogP contribution in [0.2, 0.25) is 0 Å². The highest BCUT2D eigenvalue weighted by Gasteiger charge is 2.12. The zero-order chi connectivity index (χ0) is 13.7. The summed E-state index contributed by atoms with van der Waals surface area (Å²) in [5.41, 5.74) is 7.31. The first kappa shape index (κ1) is 12.9. The first-order chi connectivity index (χ1) is 9.22. The van der Waals surface area contributed by atoms with Gasteiger partial charge in [0.25, 0.3) is 0 Å². The molecule has 0 saturated heterocycles. The maximum atomic E-state index is 11.2. The van der Waals surface area contributed by atoms with Gasteiger partial charge in [0.15, 0.2) is 0 Å². The second kappa shape index (κ2) is 5.88. The largest absolute Gasteiger partial charge is 0.478 e. The molecular weight excluding hydrogens is 242 g/mol. The monoisotopic (exact) mass is 255 g/mol. The average Bonchev–Trinajstić information content (AvgIpc) is 2.45. The lowest BCUT2D eigenvalue weighted by atomic mass is 10.1. The fraction of sp³-hybridized carbons (Fsp3) is 0.0714. The molecule has 96 valence electrons. The van der Waals surface area contributed by atoms with Crippen molar-refractivity contribution in [2.45, 2.75) is 6.54 Å². The highest BCUT2D eigenvalue weighted by atomic mass is 16.4. The molecule has 3 N–H and O–H groups in total. The summed E-state index contributed by atoms with van der Waals surface area (Å²) in [5, 5.41) is 17.2. The molecule has 0 atom stereocenters. The summed E-state index contributed by atoms with van der Waals surface area (Å²) in [6.07, 6.45) is 0. The number of rotatable bonds is 4. The highest BCUT2D eigenvalue weighted by Crippen LogP contribution is 2.26. The van der Waals surface area contributed by atoms with E-state index in [1.165, 1.54) is 6.07 Å². The molecule has 0 aliphatic rings. The number of nitrogens with zero attached hydrogens (tertiary/aromatic N) is 2. The van der Waals surface area contributed by atoms with Crippen molar-refractivity contribution >= 4 is 17.3 Å². The van der Waals surface area contributed by atoms with E-state index in [2.05, 4.69) is 10.2 Å². The van der Waals surface area contributed by atoms with Gasteiger partial charge in [-0.15, -0.1) is 5.11 Å². The van der Waals surface area contributed by atoms with Crippen molar-refractivity contribution in [2.24, 2.45) is 16.0 Å². The first-order valence-corrected chi connectivity index (χ1v) is 5.74. The topological polar surface area (TPSA) is 88.0 Å². The zero-order valence-corrected chi connectivity index (χ0v) is 10.2. The molecule has 5 heteroatoms. The van der Waals surface area contributed by atoms with Crippen LogP contribution in [-0.2, 0) is 6.54 Å². The van der Waals surface area contributed by atoms with Gasteiger partial charge >= 0.3 is 5.97 Å². The molecule has 0 aliphatic carbocycles. The van der Waals surface area contributed by atoms with Crippen LogP contribution in [0, 0.1) is 0 Å². The van der Waals surface area contributed by atoms with Crippen LogP contribution >= 0.6 is 0 Å². The number of carboxylic acid groups (broad SMARTS) is 1. The quantitative estimate of drug-likeness (QED) is 0.822. The van der Waals surface area contributed by atoms with Crippen molar-refractivity contribution in [2.75, 3.05) is 0 Å². The number of hydrogen-bond donors (Lipinski definition) is 2. The van der Waals surface area contributed by atoms with E-state index in [1.54, 1.807) is 24.3 Å². The Kier molecular flexibility index (Phi) is 4.00. The van der Waals surface area contributed by atoms with E-state index in [9.17, 15) is 4.79 Å². The summed E-state index contributed by atoms with van der Waals surface area (Å²) in [7, 11) is 0. The minimum absolute atomic E-state index is 0.0997. The molecule has 2 rings (SSSR count). The summed E-state index contributed by atoms with van der Waals surface area (Å²) in [6, 6.07) is 14.0. The molecule has 0 heterocycles. The maximum absolute atomic E-state index is 11.2. The number of aromatic carboxylic acids is 1. The van der Waals surface area contributed by atoms with Gasteiger partial charge in [-0.2, -0.15) is 5.11 Å². The predicted octanol–water partition coefficient (Wildman–Crippen LogP) is 3.26. The predicted molar refractivity (Wildman–Crippen MR) is 71.9 cm³/mol. The minimum Gasteiger partial charge on any atom is -0.478 e.